The molecule has 5 nitrogen and oxygen atoms in total. The molecule has 0 spiro atoms. The van der Waals surface area contributed by atoms with Crippen molar-refractivity contribution in [1.82, 2.24) is 4.90 Å². The Morgan fingerprint density at radius 1 is 1.04 bits per heavy atom. The molecular formula is C22H26N2O3. The second-order valence-corrected chi connectivity index (χ2v) is 7.40. The van der Waals surface area contributed by atoms with E-state index in [2.05, 4.69) is 39.0 Å². The molecule has 0 saturated carbocycles. The fourth-order valence-electron chi connectivity index (χ4n) is 3.92. The minimum atomic E-state index is -1.26. The van der Waals surface area contributed by atoms with E-state index in [1.54, 1.807) is 12.1 Å². The van der Waals surface area contributed by atoms with Gasteiger partial charge >= 0.3 is 0 Å². The summed E-state index contributed by atoms with van der Waals surface area (Å²) in [4.78, 5) is 27.0. The molecule has 1 amide bonds. The predicted molar refractivity (Wildman–Crippen MR) is 102 cm³/mol. The Morgan fingerprint density at radius 3 is 2.33 bits per heavy atom. The number of benzene rings is 2. The molecular weight excluding hydrogens is 340 g/mol. The van der Waals surface area contributed by atoms with E-state index < -0.39 is 5.97 Å². The summed E-state index contributed by atoms with van der Waals surface area (Å²) in [5, 5.41) is 11.0. The van der Waals surface area contributed by atoms with Gasteiger partial charge in [0.1, 0.15) is 6.04 Å². The first kappa shape index (κ1) is 19.1. The maximum absolute atomic E-state index is 12.7. The summed E-state index contributed by atoms with van der Waals surface area (Å²) in [5.41, 5.74) is 4.38. The molecule has 1 heterocycles. The number of piperazine rings is 1. The van der Waals surface area contributed by atoms with E-state index in [1.165, 1.54) is 33.7 Å². The number of carboxylic acid groups (broad SMARTS) is 1. The van der Waals surface area contributed by atoms with Crippen LogP contribution < -0.4 is 10.0 Å². The number of hydrogen-bond donors (Lipinski definition) is 1. The lowest BCUT2D eigenvalue weighted by molar-refractivity contribution is -0.933. The SMILES string of the molecule is Cc1ccc([C@H](C)[NH+]2CCN(C(=O)c3cccc(C(=O)[O-])c3)CC2)c(C)c1. The topological polar surface area (TPSA) is 64.9 Å². The number of carboxylic acids is 1. The monoisotopic (exact) mass is 366 g/mol. The molecule has 3 rings (SSSR count). The third-order valence-electron chi connectivity index (χ3n) is 5.54. The van der Waals surface area contributed by atoms with Crippen molar-refractivity contribution >= 4 is 11.9 Å². The summed E-state index contributed by atoms with van der Waals surface area (Å²) in [5.74, 6) is -1.38. The van der Waals surface area contributed by atoms with Crippen molar-refractivity contribution in [3.63, 3.8) is 0 Å². The fraction of sp³-hybridized carbons (Fsp3) is 0.364. The van der Waals surface area contributed by atoms with Gasteiger partial charge in [-0.25, -0.2) is 0 Å². The van der Waals surface area contributed by atoms with Gasteiger partial charge in [0.05, 0.1) is 32.1 Å². The molecule has 1 fully saturated rings. The molecule has 1 aliphatic rings. The zero-order valence-electron chi connectivity index (χ0n) is 16.1. The van der Waals surface area contributed by atoms with Gasteiger partial charge in [-0.2, -0.15) is 0 Å². The van der Waals surface area contributed by atoms with Crippen LogP contribution in [0.15, 0.2) is 42.5 Å². The largest absolute Gasteiger partial charge is 0.545 e. The standard InChI is InChI=1S/C22H26N2O3/c1-15-7-8-20(16(2)13-15)17(3)23-9-11-24(12-10-23)21(25)18-5-4-6-19(14-18)22(26)27/h4-8,13-14,17H,9-12H2,1-3H3,(H,26,27)/t17-/m0/s1. The van der Waals surface area contributed by atoms with Gasteiger partial charge in [-0.15, -0.1) is 0 Å². The zero-order chi connectivity index (χ0) is 19.6. The summed E-state index contributed by atoms with van der Waals surface area (Å²) in [6, 6.07) is 13.1. The molecule has 0 radical (unpaired) electrons. The normalized spacial score (nSPS) is 16.2. The molecule has 1 saturated heterocycles. The number of carbonyl (C=O) groups excluding carboxylic acids is 2. The maximum Gasteiger partial charge on any atom is 0.254 e. The van der Waals surface area contributed by atoms with Gasteiger partial charge in [0.2, 0.25) is 0 Å². The number of quaternary nitrogens is 1. The average Bonchev–Trinajstić information content (AvgIpc) is 2.67. The Hall–Kier alpha value is -2.66. The van der Waals surface area contributed by atoms with Crippen LogP contribution in [0, 0.1) is 13.8 Å². The van der Waals surface area contributed by atoms with Crippen LogP contribution in [-0.4, -0.2) is 43.0 Å². The lowest BCUT2D eigenvalue weighted by Crippen LogP contribution is -3.14. The Kier molecular flexibility index (Phi) is 5.61. The van der Waals surface area contributed by atoms with Crippen molar-refractivity contribution in [2.45, 2.75) is 26.8 Å². The minimum absolute atomic E-state index is 0.0357. The van der Waals surface area contributed by atoms with Crippen molar-refractivity contribution in [2.75, 3.05) is 26.2 Å². The van der Waals surface area contributed by atoms with Crippen molar-refractivity contribution in [1.29, 1.82) is 0 Å². The summed E-state index contributed by atoms with van der Waals surface area (Å²) < 4.78 is 0. The van der Waals surface area contributed by atoms with Crippen molar-refractivity contribution in [3.05, 3.63) is 70.3 Å². The molecule has 1 atom stereocenters. The Balaban J connectivity index is 1.65. The molecule has 1 N–H and O–H groups in total. The zero-order valence-corrected chi connectivity index (χ0v) is 16.1. The molecule has 2 aromatic carbocycles. The number of carbonyl (C=O) groups is 2. The predicted octanol–water partition coefficient (Wildman–Crippen LogP) is 0.769. The van der Waals surface area contributed by atoms with Crippen LogP contribution in [0.2, 0.25) is 0 Å². The molecule has 27 heavy (non-hydrogen) atoms. The summed E-state index contributed by atoms with van der Waals surface area (Å²) in [6.45, 7) is 9.59. The fourth-order valence-corrected chi connectivity index (χ4v) is 3.92. The van der Waals surface area contributed by atoms with Crippen LogP contribution in [0.1, 0.15) is 50.4 Å². The summed E-state index contributed by atoms with van der Waals surface area (Å²) in [6.07, 6.45) is 0. The highest BCUT2D eigenvalue weighted by atomic mass is 16.4. The molecule has 142 valence electrons. The van der Waals surface area contributed by atoms with Gasteiger partial charge in [0, 0.05) is 11.1 Å². The van der Waals surface area contributed by atoms with E-state index in [1.807, 2.05) is 4.90 Å². The first-order valence-electron chi connectivity index (χ1n) is 9.39. The van der Waals surface area contributed by atoms with Gasteiger partial charge < -0.3 is 19.7 Å². The van der Waals surface area contributed by atoms with E-state index >= 15 is 0 Å². The molecule has 2 aromatic rings. The molecule has 0 aliphatic carbocycles. The quantitative estimate of drug-likeness (QED) is 0.869. The number of aryl methyl sites for hydroxylation is 2. The van der Waals surface area contributed by atoms with Crippen LogP contribution in [0.5, 0.6) is 0 Å². The molecule has 1 aliphatic heterocycles. The molecule has 0 unspecified atom stereocenters. The Morgan fingerprint density at radius 2 is 1.70 bits per heavy atom. The van der Waals surface area contributed by atoms with Crippen LogP contribution in [0.4, 0.5) is 0 Å². The van der Waals surface area contributed by atoms with E-state index in [0.717, 1.165) is 13.1 Å². The Bertz CT molecular complexity index is 854. The second kappa shape index (κ2) is 7.92. The lowest BCUT2D eigenvalue weighted by Gasteiger charge is -2.36. The van der Waals surface area contributed by atoms with Gasteiger partial charge in [-0.3, -0.25) is 4.79 Å². The molecule has 0 bridgehead atoms. The van der Waals surface area contributed by atoms with Gasteiger partial charge in [0.25, 0.3) is 5.91 Å². The van der Waals surface area contributed by atoms with Crippen molar-refractivity contribution in [3.8, 4) is 0 Å². The van der Waals surface area contributed by atoms with E-state index in [4.69, 9.17) is 0 Å². The molecule has 0 aromatic heterocycles. The van der Waals surface area contributed by atoms with Crippen molar-refractivity contribution in [2.24, 2.45) is 0 Å². The lowest BCUT2D eigenvalue weighted by atomic mass is 9.98. The van der Waals surface area contributed by atoms with Gasteiger partial charge in [-0.1, -0.05) is 35.9 Å². The number of rotatable bonds is 4. The van der Waals surface area contributed by atoms with Gasteiger partial charge in [-0.05, 0) is 44.0 Å². The third-order valence-corrected chi connectivity index (χ3v) is 5.54. The maximum atomic E-state index is 12.7. The highest BCUT2D eigenvalue weighted by molar-refractivity contribution is 5.97. The van der Waals surface area contributed by atoms with E-state index in [9.17, 15) is 14.7 Å². The number of nitrogens with zero attached hydrogens (tertiary/aromatic N) is 1. The van der Waals surface area contributed by atoms with Crippen LogP contribution in [-0.2, 0) is 0 Å². The number of nitrogens with one attached hydrogen (secondary N) is 1. The van der Waals surface area contributed by atoms with E-state index in [-0.39, 0.29) is 11.5 Å². The minimum Gasteiger partial charge on any atom is -0.545 e. The summed E-state index contributed by atoms with van der Waals surface area (Å²) >= 11 is 0. The van der Waals surface area contributed by atoms with E-state index in [0.29, 0.717) is 24.7 Å². The van der Waals surface area contributed by atoms with Gasteiger partial charge in [0.15, 0.2) is 0 Å². The summed E-state index contributed by atoms with van der Waals surface area (Å²) in [7, 11) is 0. The third kappa shape index (κ3) is 4.19. The first-order valence-corrected chi connectivity index (χ1v) is 9.39. The smallest absolute Gasteiger partial charge is 0.254 e. The average molecular weight is 366 g/mol. The van der Waals surface area contributed by atoms with Crippen LogP contribution in [0.3, 0.4) is 0 Å². The first-order chi connectivity index (χ1) is 12.9. The highest BCUT2D eigenvalue weighted by Gasteiger charge is 2.29. The van der Waals surface area contributed by atoms with Crippen molar-refractivity contribution < 1.29 is 19.6 Å². The number of amides is 1. The highest BCUT2D eigenvalue weighted by Crippen LogP contribution is 2.17. The Labute approximate surface area is 160 Å². The van der Waals surface area contributed by atoms with Crippen LogP contribution >= 0.6 is 0 Å². The van der Waals surface area contributed by atoms with Crippen LogP contribution in [0.25, 0.3) is 0 Å². The molecule has 5 heteroatoms. The number of hydrogen-bond acceptors (Lipinski definition) is 3. The second-order valence-electron chi connectivity index (χ2n) is 7.40. The number of aromatic carboxylic acids is 1.